The van der Waals surface area contributed by atoms with Gasteiger partial charge in [-0.2, -0.15) is 0 Å². The number of carbonyl (C=O) groups excluding carboxylic acids is 2. The van der Waals surface area contributed by atoms with E-state index >= 15 is 0 Å². The number of hydrogen-bond donors (Lipinski definition) is 2. The quantitative estimate of drug-likeness (QED) is 0.566. The van der Waals surface area contributed by atoms with Gasteiger partial charge < -0.3 is 4.90 Å². The molecule has 2 aliphatic carbocycles. The summed E-state index contributed by atoms with van der Waals surface area (Å²) in [6.07, 6.45) is 8.30. The van der Waals surface area contributed by atoms with Crippen LogP contribution >= 0.6 is 0 Å². The zero-order chi connectivity index (χ0) is 21.7. The van der Waals surface area contributed by atoms with E-state index in [2.05, 4.69) is 16.1 Å². The fourth-order valence-corrected chi connectivity index (χ4v) is 6.94. The van der Waals surface area contributed by atoms with Crippen LogP contribution < -0.4 is 10.1 Å². The van der Waals surface area contributed by atoms with Crippen molar-refractivity contribution in [1.82, 2.24) is 25.0 Å². The van der Waals surface area contributed by atoms with Crippen molar-refractivity contribution in [3.05, 3.63) is 0 Å². The summed E-state index contributed by atoms with van der Waals surface area (Å²) in [5.41, 5.74) is 2.84. The number of carbonyl (C=O) groups is 2. The minimum absolute atomic E-state index is 0.125. The second kappa shape index (κ2) is 7.79. The zero-order valence-electron chi connectivity index (χ0n) is 17.6. The van der Waals surface area contributed by atoms with Gasteiger partial charge in [0.1, 0.15) is 0 Å². The molecule has 30 heavy (non-hydrogen) atoms. The number of urea groups is 1. The van der Waals surface area contributed by atoms with Crippen molar-refractivity contribution in [2.24, 2.45) is 11.8 Å². The Kier molecular flexibility index (Phi) is 5.60. The Morgan fingerprint density at radius 3 is 2.63 bits per heavy atom. The summed E-state index contributed by atoms with van der Waals surface area (Å²) in [6, 6.07) is -0.677. The smallest absolute Gasteiger partial charge is 0.309 e. The van der Waals surface area contributed by atoms with Gasteiger partial charge >= 0.3 is 6.03 Å². The van der Waals surface area contributed by atoms with Crippen molar-refractivity contribution >= 4 is 22.0 Å². The van der Waals surface area contributed by atoms with Gasteiger partial charge in [0.15, 0.2) is 0 Å². The molecule has 166 valence electrons. The molecule has 0 aromatic heterocycles. The van der Waals surface area contributed by atoms with Crippen LogP contribution in [0.15, 0.2) is 0 Å². The van der Waals surface area contributed by atoms with Crippen molar-refractivity contribution in [2.45, 2.75) is 55.9 Å². The fourth-order valence-electron chi connectivity index (χ4n) is 4.98. The minimum atomic E-state index is -3.52. The van der Waals surface area contributed by atoms with Gasteiger partial charge in [-0.1, -0.05) is 5.92 Å². The maximum atomic E-state index is 13.3. The molecule has 4 rings (SSSR count). The number of sulfonamides is 1. The lowest BCUT2D eigenvalue weighted by Crippen LogP contribution is -2.64. The number of imide groups is 1. The van der Waals surface area contributed by atoms with E-state index in [4.69, 9.17) is 6.42 Å². The van der Waals surface area contributed by atoms with Crippen molar-refractivity contribution in [2.75, 3.05) is 33.2 Å². The molecule has 2 saturated heterocycles. The lowest BCUT2D eigenvalue weighted by Gasteiger charge is -2.48. The third-order valence-corrected chi connectivity index (χ3v) is 9.02. The number of terminal acetylenes is 1. The van der Waals surface area contributed by atoms with Gasteiger partial charge in [0.05, 0.1) is 17.7 Å². The summed E-state index contributed by atoms with van der Waals surface area (Å²) in [6.45, 7) is 3.77. The molecule has 2 aliphatic heterocycles. The molecule has 0 aromatic carbocycles. The molecule has 9 nitrogen and oxygen atoms in total. The topological polar surface area (TPSA) is 102 Å². The normalized spacial score (nSPS) is 34.0. The number of hydrazine groups is 1. The van der Waals surface area contributed by atoms with Crippen molar-refractivity contribution < 1.29 is 18.0 Å². The van der Waals surface area contributed by atoms with Gasteiger partial charge in [-0.25, -0.2) is 22.9 Å². The van der Waals surface area contributed by atoms with Gasteiger partial charge in [-0.3, -0.25) is 15.1 Å². The molecule has 0 aromatic rings. The number of nitrogens with one attached hydrogen (secondary N) is 2. The summed E-state index contributed by atoms with van der Waals surface area (Å²) in [5.74, 6) is 1.87. The monoisotopic (exact) mass is 437 g/mol. The lowest BCUT2D eigenvalue weighted by atomic mass is 9.80. The van der Waals surface area contributed by atoms with E-state index in [1.165, 1.54) is 4.90 Å². The minimum Gasteiger partial charge on any atom is -0.309 e. The average Bonchev–Trinajstić information content (AvgIpc) is 3.26. The van der Waals surface area contributed by atoms with Gasteiger partial charge in [-0.05, 0) is 39.0 Å². The molecule has 0 spiro atoms. The molecular formula is C20H31N5O4S. The van der Waals surface area contributed by atoms with Crippen LogP contribution in [0.2, 0.25) is 0 Å². The van der Waals surface area contributed by atoms with Crippen molar-refractivity contribution in [3.8, 4) is 12.3 Å². The summed E-state index contributed by atoms with van der Waals surface area (Å²) in [5, 5.41) is 1.32. The molecule has 4 fully saturated rings. The first-order chi connectivity index (χ1) is 14.1. The number of nitrogens with zero attached hydrogens (tertiary/aromatic N) is 3. The zero-order valence-corrected chi connectivity index (χ0v) is 18.5. The Bertz CT molecular complexity index is 865. The fraction of sp³-hybridized carbons (Fsp3) is 0.800. The summed E-state index contributed by atoms with van der Waals surface area (Å²) < 4.78 is 28.7. The first-order valence-corrected chi connectivity index (χ1v) is 12.2. The summed E-state index contributed by atoms with van der Waals surface area (Å²) in [7, 11) is -1.60. The molecule has 2 saturated carbocycles. The van der Waals surface area contributed by atoms with Crippen LogP contribution in [0.3, 0.4) is 0 Å². The van der Waals surface area contributed by atoms with E-state index in [0.717, 1.165) is 19.4 Å². The van der Waals surface area contributed by atoms with Gasteiger partial charge in [0.2, 0.25) is 15.9 Å². The summed E-state index contributed by atoms with van der Waals surface area (Å²) in [4.78, 5) is 29.3. The van der Waals surface area contributed by atoms with E-state index in [1.807, 2.05) is 19.0 Å². The van der Waals surface area contributed by atoms with Crippen LogP contribution in [0.25, 0.3) is 0 Å². The van der Waals surface area contributed by atoms with E-state index in [-0.39, 0.29) is 42.4 Å². The lowest BCUT2D eigenvalue weighted by molar-refractivity contribution is -0.140. The Labute approximate surface area is 178 Å². The van der Waals surface area contributed by atoms with E-state index < -0.39 is 21.2 Å². The molecule has 4 unspecified atom stereocenters. The predicted molar refractivity (Wildman–Crippen MR) is 111 cm³/mol. The largest absolute Gasteiger partial charge is 0.327 e. The number of rotatable bonds is 6. The van der Waals surface area contributed by atoms with E-state index in [0.29, 0.717) is 25.9 Å². The number of fused-ring (bicyclic) bond motifs is 1. The maximum absolute atomic E-state index is 13.3. The van der Waals surface area contributed by atoms with Crippen molar-refractivity contribution in [1.29, 1.82) is 0 Å². The standard InChI is InChI=1S/C20H31N5O4S/c1-4-9-24-17-6-5-15(30(28,29)22-20(2)7-8-20)10-16(17)18(26)25(19(24)27)13-14-11-21-23(3)12-14/h1,14-17,21-22H,5-13H2,2-3H3. The number of amides is 3. The summed E-state index contributed by atoms with van der Waals surface area (Å²) >= 11 is 0. The van der Waals surface area contributed by atoms with Gasteiger partial charge in [0.25, 0.3) is 0 Å². The second-order valence-electron chi connectivity index (χ2n) is 9.49. The number of hydrogen-bond acceptors (Lipinski definition) is 6. The second-order valence-corrected chi connectivity index (χ2v) is 11.4. The molecule has 0 bridgehead atoms. The Hall–Kier alpha value is -1.67. The highest BCUT2D eigenvalue weighted by Gasteiger charge is 2.52. The van der Waals surface area contributed by atoms with Gasteiger partial charge in [0, 0.05) is 44.2 Å². The third-order valence-electron chi connectivity index (χ3n) is 6.94. The van der Waals surface area contributed by atoms with Crippen LogP contribution in [0.5, 0.6) is 0 Å². The Morgan fingerprint density at radius 1 is 1.30 bits per heavy atom. The molecule has 2 heterocycles. The van der Waals surface area contributed by atoms with Crippen LogP contribution in [0.4, 0.5) is 4.79 Å². The molecule has 2 N–H and O–H groups in total. The van der Waals surface area contributed by atoms with Crippen LogP contribution in [0, 0.1) is 24.2 Å². The highest BCUT2D eigenvalue weighted by Crippen LogP contribution is 2.40. The first kappa shape index (κ1) is 21.6. The maximum Gasteiger partial charge on any atom is 0.327 e. The molecule has 0 radical (unpaired) electrons. The molecule has 10 heteroatoms. The highest BCUT2D eigenvalue weighted by atomic mass is 32.2. The first-order valence-electron chi connectivity index (χ1n) is 10.7. The van der Waals surface area contributed by atoms with Crippen molar-refractivity contribution in [3.63, 3.8) is 0 Å². The molecular weight excluding hydrogens is 406 g/mol. The Balaban J connectivity index is 1.53. The van der Waals surface area contributed by atoms with E-state index in [1.54, 1.807) is 4.90 Å². The van der Waals surface area contributed by atoms with E-state index in [9.17, 15) is 18.0 Å². The van der Waals surface area contributed by atoms with Gasteiger partial charge in [-0.15, -0.1) is 6.42 Å². The van der Waals surface area contributed by atoms with Crippen LogP contribution in [0.1, 0.15) is 39.0 Å². The molecule has 3 amide bonds. The molecule has 4 atom stereocenters. The Morgan fingerprint density at radius 2 is 2.03 bits per heavy atom. The van der Waals surface area contributed by atoms with Crippen LogP contribution in [-0.4, -0.2) is 85.2 Å². The predicted octanol–water partition coefficient (Wildman–Crippen LogP) is -0.0408. The highest BCUT2D eigenvalue weighted by molar-refractivity contribution is 7.90. The van der Waals surface area contributed by atoms with Crippen LogP contribution in [-0.2, 0) is 14.8 Å². The SMILES string of the molecule is C#CCN1C(=O)N(CC2CNN(C)C2)C(=O)C2CC(S(=O)(=O)NC3(C)CC3)CCC21. The average molecular weight is 438 g/mol. The third kappa shape index (κ3) is 4.08. The molecule has 4 aliphatic rings.